The van der Waals surface area contributed by atoms with Crippen LogP contribution < -0.4 is 10.7 Å². The molecule has 35 heavy (non-hydrogen) atoms. The topological polar surface area (TPSA) is 70.6 Å². The highest BCUT2D eigenvalue weighted by Crippen LogP contribution is 2.47. The van der Waals surface area contributed by atoms with Gasteiger partial charge in [-0.1, -0.05) is 63.2 Å². The average Bonchev–Trinajstić information content (AvgIpc) is 3.63. The maximum absolute atomic E-state index is 13.4. The van der Waals surface area contributed by atoms with Gasteiger partial charge in [-0.25, -0.2) is 9.82 Å². The number of anilines is 1. The fraction of sp³-hybridized carbons (Fsp3) is 0.276. The Morgan fingerprint density at radius 1 is 0.943 bits per heavy atom. The van der Waals surface area contributed by atoms with Crippen molar-refractivity contribution in [1.29, 1.82) is 0 Å². The molecule has 1 aliphatic rings. The Bertz CT molecular complexity index is 1280. The summed E-state index contributed by atoms with van der Waals surface area (Å²) >= 11 is 0. The zero-order valence-electron chi connectivity index (χ0n) is 20.4. The van der Waals surface area contributed by atoms with Gasteiger partial charge in [0.15, 0.2) is 0 Å². The van der Waals surface area contributed by atoms with Crippen LogP contribution in [0.1, 0.15) is 67.1 Å². The summed E-state index contributed by atoms with van der Waals surface area (Å²) in [5.74, 6) is -0.820. The van der Waals surface area contributed by atoms with Gasteiger partial charge >= 0.3 is 0 Å². The largest absolute Gasteiger partial charge is 0.322 e. The lowest BCUT2D eigenvalue weighted by molar-refractivity contribution is -0.122. The minimum Gasteiger partial charge on any atom is -0.322 e. The normalized spacial score (nSPS) is 17.6. The first-order chi connectivity index (χ1) is 16.6. The van der Waals surface area contributed by atoms with E-state index in [4.69, 9.17) is 0 Å². The van der Waals surface area contributed by atoms with E-state index in [1.54, 1.807) is 31.2 Å². The monoisotopic (exact) mass is 471 g/mol. The quantitative estimate of drug-likeness (QED) is 0.341. The van der Waals surface area contributed by atoms with Crippen molar-refractivity contribution in [2.45, 2.75) is 45.4 Å². The lowest BCUT2D eigenvalue weighted by atomic mass is 9.86. The number of nitrogens with zero attached hydrogens (tertiary/aromatic N) is 1. The van der Waals surface area contributed by atoms with Gasteiger partial charge in [-0.05, 0) is 71.7 Å². The molecule has 1 fully saturated rings. The second-order valence-electron chi connectivity index (χ2n) is 10.0. The number of amides is 2. The highest BCUT2D eigenvalue weighted by molar-refractivity contribution is 6.05. The first-order valence-corrected chi connectivity index (χ1v) is 11.7. The fourth-order valence-electron chi connectivity index (χ4n) is 4.02. The third-order valence-corrected chi connectivity index (χ3v) is 6.29. The summed E-state index contributed by atoms with van der Waals surface area (Å²) in [6.07, 6.45) is 0.816. The molecule has 0 bridgehead atoms. The van der Waals surface area contributed by atoms with Crippen molar-refractivity contribution in [1.82, 2.24) is 5.43 Å². The van der Waals surface area contributed by atoms with Crippen molar-refractivity contribution in [2.24, 2.45) is 11.0 Å². The number of carbonyl (C=O) groups is 2. The number of halogens is 1. The van der Waals surface area contributed by atoms with Gasteiger partial charge in [-0.3, -0.25) is 9.59 Å². The van der Waals surface area contributed by atoms with Gasteiger partial charge in [-0.2, -0.15) is 5.10 Å². The highest BCUT2D eigenvalue weighted by atomic mass is 19.1. The summed E-state index contributed by atoms with van der Waals surface area (Å²) in [6.45, 7) is 8.35. The van der Waals surface area contributed by atoms with Gasteiger partial charge in [0.2, 0.25) is 5.91 Å². The van der Waals surface area contributed by atoms with E-state index in [0.29, 0.717) is 11.4 Å². The molecular weight excluding hydrogens is 441 g/mol. The molecule has 0 unspecified atom stereocenters. The Hall–Kier alpha value is -3.80. The molecule has 4 rings (SSSR count). The zero-order chi connectivity index (χ0) is 25.2. The summed E-state index contributed by atoms with van der Waals surface area (Å²) < 4.78 is 13.4. The molecular formula is C29H30FN3O2. The predicted molar refractivity (Wildman–Crippen MR) is 137 cm³/mol. The number of hydrazone groups is 1. The summed E-state index contributed by atoms with van der Waals surface area (Å²) in [7, 11) is 0. The van der Waals surface area contributed by atoms with E-state index in [0.717, 1.165) is 12.0 Å². The molecule has 3 aromatic carbocycles. The van der Waals surface area contributed by atoms with Gasteiger partial charge in [-0.15, -0.1) is 0 Å². The molecule has 0 aliphatic heterocycles. The van der Waals surface area contributed by atoms with Crippen LogP contribution in [-0.2, 0) is 10.2 Å². The molecule has 5 nitrogen and oxygen atoms in total. The Morgan fingerprint density at radius 3 is 2.31 bits per heavy atom. The van der Waals surface area contributed by atoms with Crippen LogP contribution in [0.15, 0.2) is 77.9 Å². The number of carbonyl (C=O) groups excluding carboxylic acids is 2. The predicted octanol–water partition coefficient (Wildman–Crippen LogP) is 6.02. The van der Waals surface area contributed by atoms with Crippen LogP contribution in [0.5, 0.6) is 0 Å². The maximum Gasteiger partial charge on any atom is 0.255 e. The van der Waals surface area contributed by atoms with Crippen molar-refractivity contribution in [3.8, 4) is 0 Å². The minimum absolute atomic E-state index is 0.0797. The van der Waals surface area contributed by atoms with Crippen LogP contribution in [0.2, 0.25) is 0 Å². The second-order valence-corrected chi connectivity index (χ2v) is 10.0. The number of hydrogen-bond acceptors (Lipinski definition) is 3. The SMILES string of the molecule is C/C(=N\NC(=O)[C@H]1C[C@@H]1c1ccc(C(C)(C)C)cc1)c1cccc(NC(=O)c2cccc(F)c2)c1. The smallest absolute Gasteiger partial charge is 0.255 e. The van der Waals surface area contributed by atoms with Crippen LogP contribution in [-0.4, -0.2) is 17.5 Å². The standard InChI is InChI=1S/C29H30FN3O2/c1-18(20-7-6-10-24(16-20)31-27(34)21-8-5-9-23(30)15-21)32-33-28(35)26-17-25(26)19-11-13-22(14-12-19)29(2,3)4/h5-16,25-26H,17H2,1-4H3,(H,31,34)(H,33,35)/b32-18+/t25-,26+/m1/s1. The third kappa shape index (κ3) is 6.01. The van der Waals surface area contributed by atoms with Gasteiger partial charge in [0.1, 0.15) is 5.82 Å². The first-order valence-electron chi connectivity index (χ1n) is 11.7. The van der Waals surface area contributed by atoms with E-state index in [2.05, 4.69) is 60.9 Å². The van der Waals surface area contributed by atoms with E-state index < -0.39 is 11.7 Å². The lowest BCUT2D eigenvalue weighted by Gasteiger charge is -2.19. The maximum atomic E-state index is 13.4. The molecule has 2 N–H and O–H groups in total. The van der Waals surface area contributed by atoms with Crippen LogP contribution >= 0.6 is 0 Å². The van der Waals surface area contributed by atoms with Gasteiger partial charge in [0, 0.05) is 17.2 Å². The Kier molecular flexibility index (Phi) is 6.83. The second kappa shape index (κ2) is 9.82. The van der Waals surface area contributed by atoms with E-state index in [9.17, 15) is 14.0 Å². The summed E-state index contributed by atoms with van der Waals surface area (Å²) in [6, 6.07) is 21.2. The number of benzene rings is 3. The van der Waals surface area contributed by atoms with Crippen LogP contribution in [0.3, 0.4) is 0 Å². The molecule has 1 saturated carbocycles. The van der Waals surface area contributed by atoms with Crippen LogP contribution in [0.4, 0.5) is 10.1 Å². The molecule has 0 radical (unpaired) electrons. The van der Waals surface area contributed by atoms with E-state index in [1.165, 1.54) is 29.3 Å². The molecule has 0 spiro atoms. The summed E-state index contributed by atoms with van der Waals surface area (Å²) in [5, 5.41) is 7.04. The molecule has 180 valence electrons. The highest BCUT2D eigenvalue weighted by Gasteiger charge is 2.44. The van der Waals surface area contributed by atoms with Crippen molar-refractivity contribution >= 4 is 23.2 Å². The Balaban J connectivity index is 1.35. The molecule has 1 aliphatic carbocycles. The first kappa shape index (κ1) is 24.3. The van der Waals surface area contributed by atoms with E-state index in [-0.39, 0.29) is 28.7 Å². The number of nitrogens with one attached hydrogen (secondary N) is 2. The Morgan fingerprint density at radius 2 is 1.63 bits per heavy atom. The molecule has 2 atom stereocenters. The number of hydrogen-bond donors (Lipinski definition) is 2. The molecule has 6 heteroatoms. The van der Waals surface area contributed by atoms with Gasteiger partial charge in [0.25, 0.3) is 5.91 Å². The molecule has 0 aromatic heterocycles. The van der Waals surface area contributed by atoms with Gasteiger partial charge in [0.05, 0.1) is 5.71 Å². The molecule has 3 aromatic rings. The lowest BCUT2D eigenvalue weighted by Crippen LogP contribution is -2.21. The minimum atomic E-state index is -0.468. The van der Waals surface area contributed by atoms with Gasteiger partial charge < -0.3 is 5.32 Å². The van der Waals surface area contributed by atoms with E-state index >= 15 is 0 Å². The van der Waals surface area contributed by atoms with Crippen LogP contribution in [0.25, 0.3) is 0 Å². The summed E-state index contributed by atoms with van der Waals surface area (Å²) in [5.41, 5.74) is 7.41. The third-order valence-electron chi connectivity index (χ3n) is 6.29. The summed E-state index contributed by atoms with van der Waals surface area (Å²) in [4.78, 5) is 25.0. The van der Waals surface area contributed by atoms with Crippen molar-refractivity contribution in [2.75, 3.05) is 5.32 Å². The van der Waals surface area contributed by atoms with Crippen molar-refractivity contribution in [3.63, 3.8) is 0 Å². The van der Waals surface area contributed by atoms with Crippen molar-refractivity contribution < 1.29 is 14.0 Å². The van der Waals surface area contributed by atoms with E-state index in [1.807, 2.05) is 6.07 Å². The van der Waals surface area contributed by atoms with Crippen molar-refractivity contribution in [3.05, 3.63) is 101 Å². The molecule has 0 heterocycles. The van der Waals surface area contributed by atoms with Crippen LogP contribution in [0, 0.1) is 11.7 Å². The molecule has 0 saturated heterocycles. The number of rotatable bonds is 6. The zero-order valence-corrected chi connectivity index (χ0v) is 20.4. The Labute approximate surface area is 205 Å². The molecule has 2 amide bonds. The fourth-order valence-corrected chi connectivity index (χ4v) is 4.02. The average molecular weight is 472 g/mol.